The number of ether oxygens (including phenoxy) is 2. The van der Waals surface area contributed by atoms with Crippen LogP contribution in [0.3, 0.4) is 0 Å². The fraction of sp³-hybridized carbons (Fsp3) is 0.435. The van der Waals surface area contributed by atoms with Gasteiger partial charge < -0.3 is 19.5 Å². The smallest absolute Gasteiger partial charge is 0.260 e. The van der Waals surface area contributed by atoms with Crippen LogP contribution in [0.1, 0.15) is 36.0 Å². The van der Waals surface area contributed by atoms with E-state index < -0.39 is 11.1 Å². The zero-order chi connectivity index (χ0) is 19.5. The van der Waals surface area contributed by atoms with Crippen LogP contribution in [-0.2, 0) is 22.4 Å². The predicted molar refractivity (Wildman–Crippen MR) is 104 cm³/mol. The standard InChI is InChI=1S/C23H25NO4/c1-27-18-13-15-10-12-24-21(25)23(26,16-7-4-3-5-8-16)20-9-6-11-22(20,24)17(15)14-19(18)28-2/h3-5,7-8,13-14,20,26H,6,9-12H2,1-2H3/t20?,22-,23+/m0/s1. The van der Waals surface area contributed by atoms with Crippen LogP contribution in [0, 0.1) is 5.92 Å². The van der Waals surface area contributed by atoms with Crippen molar-refractivity contribution < 1.29 is 19.4 Å². The number of carbonyl (C=O) groups is 1. The second-order valence-corrected chi connectivity index (χ2v) is 8.07. The molecule has 2 aromatic rings. The molecule has 0 aromatic heterocycles. The third kappa shape index (κ3) is 1.97. The number of fused-ring (bicyclic) bond motifs is 1. The van der Waals surface area contributed by atoms with Gasteiger partial charge in [-0.05, 0) is 48.1 Å². The van der Waals surface area contributed by atoms with Crippen LogP contribution in [0.15, 0.2) is 42.5 Å². The largest absolute Gasteiger partial charge is 0.493 e. The van der Waals surface area contributed by atoms with E-state index in [9.17, 15) is 9.90 Å². The molecule has 0 radical (unpaired) electrons. The normalized spacial score (nSPS) is 30.6. The maximum atomic E-state index is 13.6. The molecular formula is C23H25NO4. The van der Waals surface area contributed by atoms with Crippen molar-refractivity contribution in [3.05, 3.63) is 59.2 Å². The molecule has 0 bridgehead atoms. The maximum Gasteiger partial charge on any atom is 0.260 e. The molecular weight excluding hydrogens is 354 g/mol. The molecule has 5 heteroatoms. The van der Waals surface area contributed by atoms with E-state index in [2.05, 4.69) is 0 Å². The summed E-state index contributed by atoms with van der Waals surface area (Å²) in [6, 6.07) is 13.5. The molecule has 28 heavy (non-hydrogen) atoms. The van der Waals surface area contributed by atoms with E-state index >= 15 is 0 Å². The van der Waals surface area contributed by atoms with Gasteiger partial charge in [0, 0.05) is 12.5 Å². The van der Waals surface area contributed by atoms with E-state index in [1.54, 1.807) is 14.2 Å². The number of aliphatic hydroxyl groups is 1. The first-order valence-corrected chi connectivity index (χ1v) is 9.92. The number of methoxy groups -OCH3 is 2. The Hall–Kier alpha value is -2.53. The summed E-state index contributed by atoms with van der Waals surface area (Å²) in [7, 11) is 3.28. The molecule has 2 aromatic carbocycles. The average molecular weight is 379 g/mol. The van der Waals surface area contributed by atoms with E-state index in [4.69, 9.17) is 9.47 Å². The van der Waals surface area contributed by atoms with Crippen LogP contribution in [-0.4, -0.2) is 36.7 Å². The monoisotopic (exact) mass is 379 g/mol. The minimum atomic E-state index is -1.48. The maximum absolute atomic E-state index is 13.6. The van der Waals surface area contributed by atoms with Crippen LogP contribution < -0.4 is 9.47 Å². The van der Waals surface area contributed by atoms with Crippen molar-refractivity contribution in [1.82, 2.24) is 4.90 Å². The van der Waals surface area contributed by atoms with Crippen LogP contribution >= 0.6 is 0 Å². The Bertz CT molecular complexity index is 943. The SMILES string of the molecule is COc1cc2c(cc1OC)[C@@]13CCCC1[C@](O)(c1ccccc1)C(=O)N3CC2. The summed E-state index contributed by atoms with van der Waals surface area (Å²) in [5.41, 5.74) is 1.04. The quantitative estimate of drug-likeness (QED) is 0.891. The fourth-order valence-corrected chi connectivity index (χ4v) is 5.95. The van der Waals surface area contributed by atoms with E-state index in [0.29, 0.717) is 23.6 Å². The Morgan fingerprint density at radius 3 is 2.54 bits per heavy atom. The second kappa shape index (κ2) is 5.98. The van der Waals surface area contributed by atoms with Crippen molar-refractivity contribution in [3.63, 3.8) is 0 Å². The lowest BCUT2D eigenvalue weighted by Gasteiger charge is -2.44. The van der Waals surface area contributed by atoms with Crippen LogP contribution in [0.4, 0.5) is 0 Å². The number of hydrogen-bond acceptors (Lipinski definition) is 4. The van der Waals surface area contributed by atoms with Crippen molar-refractivity contribution in [3.8, 4) is 11.5 Å². The Balaban J connectivity index is 1.74. The molecule has 2 aliphatic heterocycles. The molecule has 1 saturated carbocycles. The lowest BCUT2D eigenvalue weighted by Crippen LogP contribution is -2.49. The number of nitrogens with zero attached hydrogens (tertiary/aromatic N) is 1. The van der Waals surface area contributed by atoms with Crippen molar-refractivity contribution >= 4 is 5.91 Å². The van der Waals surface area contributed by atoms with Gasteiger partial charge >= 0.3 is 0 Å². The highest BCUT2D eigenvalue weighted by Crippen LogP contribution is 2.63. The van der Waals surface area contributed by atoms with E-state index in [-0.39, 0.29) is 11.8 Å². The molecule has 146 valence electrons. The summed E-state index contributed by atoms with van der Waals surface area (Å²) < 4.78 is 11.1. The molecule has 1 amide bonds. The van der Waals surface area contributed by atoms with Crippen molar-refractivity contribution in [2.45, 2.75) is 36.8 Å². The first kappa shape index (κ1) is 17.6. The predicted octanol–water partition coefficient (Wildman–Crippen LogP) is 2.99. The lowest BCUT2D eigenvalue weighted by atomic mass is 9.70. The summed E-state index contributed by atoms with van der Waals surface area (Å²) in [4.78, 5) is 15.5. The Kier molecular flexibility index (Phi) is 3.75. The molecule has 2 fully saturated rings. The summed E-state index contributed by atoms with van der Waals surface area (Å²) in [5.74, 6) is 1.05. The molecule has 3 aliphatic rings. The average Bonchev–Trinajstić information content (AvgIpc) is 3.25. The van der Waals surface area contributed by atoms with Gasteiger partial charge in [0.05, 0.1) is 19.8 Å². The van der Waals surface area contributed by atoms with Crippen molar-refractivity contribution in [2.75, 3.05) is 20.8 Å². The Morgan fingerprint density at radius 2 is 1.82 bits per heavy atom. The topological polar surface area (TPSA) is 59.0 Å². The zero-order valence-electron chi connectivity index (χ0n) is 16.3. The number of hydrogen-bond donors (Lipinski definition) is 1. The van der Waals surface area contributed by atoms with Gasteiger partial charge in [-0.2, -0.15) is 0 Å². The van der Waals surface area contributed by atoms with Gasteiger partial charge in [0.1, 0.15) is 0 Å². The minimum absolute atomic E-state index is 0.163. The second-order valence-electron chi connectivity index (χ2n) is 8.07. The molecule has 1 unspecified atom stereocenters. The lowest BCUT2D eigenvalue weighted by molar-refractivity contribution is -0.147. The molecule has 2 heterocycles. The molecule has 3 atom stereocenters. The summed E-state index contributed by atoms with van der Waals surface area (Å²) in [5, 5.41) is 11.8. The number of benzene rings is 2. The highest BCUT2D eigenvalue weighted by Gasteiger charge is 2.69. The third-order valence-corrected chi connectivity index (χ3v) is 7.08. The molecule has 1 spiro atoms. The summed E-state index contributed by atoms with van der Waals surface area (Å²) in [6.07, 6.45) is 3.42. The first-order valence-electron chi connectivity index (χ1n) is 9.92. The Labute approximate surface area is 164 Å². The van der Waals surface area contributed by atoms with Crippen LogP contribution in [0.2, 0.25) is 0 Å². The van der Waals surface area contributed by atoms with Gasteiger partial charge in [0.2, 0.25) is 0 Å². The van der Waals surface area contributed by atoms with Crippen molar-refractivity contribution in [1.29, 1.82) is 0 Å². The molecule has 5 rings (SSSR count). The molecule has 1 saturated heterocycles. The summed E-state index contributed by atoms with van der Waals surface area (Å²) in [6.45, 7) is 0.618. The Morgan fingerprint density at radius 1 is 1.11 bits per heavy atom. The fourth-order valence-electron chi connectivity index (χ4n) is 5.95. The molecule has 1 N–H and O–H groups in total. The highest BCUT2D eigenvalue weighted by molar-refractivity contribution is 5.91. The summed E-state index contributed by atoms with van der Waals surface area (Å²) >= 11 is 0. The van der Waals surface area contributed by atoms with Gasteiger partial charge in [-0.25, -0.2) is 0 Å². The van der Waals surface area contributed by atoms with Gasteiger partial charge in [-0.15, -0.1) is 0 Å². The zero-order valence-corrected chi connectivity index (χ0v) is 16.3. The van der Waals surface area contributed by atoms with Gasteiger partial charge in [0.15, 0.2) is 17.1 Å². The van der Waals surface area contributed by atoms with E-state index in [0.717, 1.165) is 31.2 Å². The van der Waals surface area contributed by atoms with Crippen molar-refractivity contribution in [2.24, 2.45) is 5.92 Å². The van der Waals surface area contributed by atoms with Gasteiger partial charge in [-0.1, -0.05) is 36.8 Å². The first-order chi connectivity index (χ1) is 13.6. The van der Waals surface area contributed by atoms with Gasteiger partial charge in [0.25, 0.3) is 5.91 Å². The van der Waals surface area contributed by atoms with Crippen LogP contribution in [0.5, 0.6) is 11.5 Å². The van der Waals surface area contributed by atoms with E-state index in [1.165, 1.54) is 5.56 Å². The number of carbonyl (C=O) groups excluding carboxylic acids is 1. The third-order valence-electron chi connectivity index (χ3n) is 7.08. The van der Waals surface area contributed by atoms with E-state index in [1.807, 2.05) is 47.4 Å². The molecule has 1 aliphatic carbocycles. The number of amides is 1. The number of rotatable bonds is 3. The highest BCUT2D eigenvalue weighted by atomic mass is 16.5. The van der Waals surface area contributed by atoms with Gasteiger partial charge in [-0.3, -0.25) is 4.79 Å². The minimum Gasteiger partial charge on any atom is -0.493 e. The van der Waals surface area contributed by atoms with Crippen LogP contribution in [0.25, 0.3) is 0 Å². The molecule has 5 nitrogen and oxygen atoms in total.